The molecule has 0 saturated carbocycles. The summed E-state index contributed by atoms with van der Waals surface area (Å²) in [5.41, 5.74) is -0.0903. The van der Waals surface area contributed by atoms with Gasteiger partial charge in [-0.1, -0.05) is 6.92 Å². The Labute approximate surface area is 132 Å². The Morgan fingerprint density at radius 1 is 1.43 bits per heavy atom. The third-order valence-corrected chi connectivity index (χ3v) is 5.40. The lowest BCUT2D eigenvalue weighted by Gasteiger charge is -2.11. The molecule has 0 aliphatic carbocycles. The third kappa shape index (κ3) is 5.39. The molecule has 0 radical (unpaired) electrons. The first-order chi connectivity index (χ1) is 9.77. The Hall–Kier alpha value is -0.960. The predicted octanol–water partition coefficient (Wildman–Crippen LogP) is 1.83. The normalized spacial score (nSPS) is 13.1. The number of aromatic carboxylic acids is 1. The van der Waals surface area contributed by atoms with Crippen LogP contribution in [0.2, 0.25) is 0 Å². The number of rotatable bonds is 8. The van der Waals surface area contributed by atoms with Crippen LogP contribution in [0.15, 0.2) is 27.6 Å². The molecule has 1 atom stereocenters. The van der Waals surface area contributed by atoms with Crippen molar-refractivity contribution >= 4 is 31.9 Å². The van der Waals surface area contributed by atoms with Crippen molar-refractivity contribution in [3.63, 3.8) is 0 Å². The molecule has 8 heteroatoms. The zero-order chi connectivity index (χ0) is 16.0. The molecule has 0 bridgehead atoms. The highest BCUT2D eigenvalue weighted by molar-refractivity contribution is 9.10. The molecule has 1 unspecified atom stereocenters. The van der Waals surface area contributed by atoms with E-state index in [4.69, 9.17) is 10.2 Å². The van der Waals surface area contributed by atoms with Crippen molar-refractivity contribution in [2.75, 3.05) is 13.2 Å². The van der Waals surface area contributed by atoms with E-state index in [1.54, 1.807) is 0 Å². The number of hydrogen-bond acceptors (Lipinski definition) is 4. The zero-order valence-corrected chi connectivity index (χ0v) is 13.9. The van der Waals surface area contributed by atoms with E-state index in [-0.39, 0.29) is 29.5 Å². The first-order valence-electron chi connectivity index (χ1n) is 6.41. The van der Waals surface area contributed by atoms with Gasteiger partial charge >= 0.3 is 5.97 Å². The lowest BCUT2D eigenvalue weighted by atomic mass is 10.1. The number of carboxylic acid groups (broad SMARTS) is 1. The second kappa shape index (κ2) is 7.88. The highest BCUT2D eigenvalue weighted by Gasteiger charge is 2.19. The number of carbonyl (C=O) groups is 1. The topological polar surface area (TPSA) is 104 Å². The molecule has 0 saturated heterocycles. The molecular weight excluding hydrogens is 362 g/mol. The summed E-state index contributed by atoms with van der Waals surface area (Å²) in [6.07, 6.45) is 1.30. The summed E-state index contributed by atoms with van der Waals surface area (Å²) in [5.74, 6) is -1.06. The number of halogens is 1. The van der Waals surface area contributed by atoms with Gasteiger partial charge in [-0.25, -0.2) is 17.9 Å². The quantitative estimate of drug-likeness (QED) is 0.597. The molecule has 0 spiro atoms. The van der Waals surface area contributed by atoms with E-state index < -0.39 is 16.0 Å². The van der Waals surface area contributed by atoms with Gasteiger partial charge in [0.05, 0.1) is 10.5 Å². The Bertz CT molecular complexity index is 603. The van der Waals surface area contributed by atoms with E-state index >= 15 is 0 Å². The van der Waals surface area contributed by atoms with Crippen LogP contribution in [0.4, 0.5) is 0 Å². The lowest BCUT2D eigenvalue weighted by Crippen LogP contribution is -2.26. The summed E-state index contributed by atoms with van der Waals surface area (Å²) >= 11 is 3.11. The van der Waals surface area contributed by atoms with Gasteiger partial charge in [-0.2, -0.15) is 0 Å². The van der Waals surface area contributed by atoms with Crippen molar-refractivity contribution in [1.29, 1.82) is 0 Å². The van der Waals surface area contributed by atoms with E-state index in [2.05, 4.69) is 20.7 Å². The number of aliphatic hydroxyl groups is 1. The van der Waals surface area contributed by atoms with Gasteiger partial charge in [0.15, 0.2) is 0 Å². The van der Waals surface area contributed by atoms with Crippen molar-refractivity contribution in [2.24, 2.45) is 5.92 Å². The van der Waals surface area contributed by atoms with Crippen LogP contribution in [0, 0.1) is 5.92 Å². The van der Waals surface area contributed by atoms with Crippen LogP contribution >= 0.6 is 15.9 Å². The van der Waals surface area contributed by atoms with Crippen LogP contribution in [0.1, 0.15) is 30.1 Å². The molecule has 0 heterocycles. The van der Waals surface area contributed by atoms with Crippen LogP contribution in [0.3, 0.4) is 0 Å². The summed E-state index contributed by atoms with van der Waals surface area (Å²) in [6.45, 7) is 2.18. The monoisotopic (exact) mass is 379 g/mol. The number of carboxylic acids is 1. The largest absolute Gasteiger partial charge is 0.478 e. The number of hydrogen-bond donors (Lipinski definition) is 3. The predicted molar refractivity (Wildman–Crippen MR) is 81.8 cm³/mol. The maximum atomic E-state index is 12.2. The van der Waals surface area contributed by atoms with Crippen molar-refractivity contribution in [3.8, 4) is 0 Å². The van der Waals surface area contributed by atoms with Crippen LogP contribution in [0.5, 0.6) is 0 Å². The molecule has 1 aromatic rings. The summed E-state index contributed by atoms with van der Waals surface area (Å²) < 4.78 is 27.1. The maximum Gasteiger partial charge on any atom is 0.335 e. The van der Waals surface area contributed by atoms with Crippen LogP contribution < -0.4 is 4.72 Å². The molecule has 118 valence electrons. The van der Waals surface area contributed by atoms with Crippen molar-refractivity contribution in [2.45, 2.75) is 24.7 Å². The smallest absolute Gasteiger partial charge is 0.335 e. The molecule has 0 aliphatic heterocycles. The maximum absolute atomic E-state index is 12.2. The molecule has 21 heavy (non-hydrogen) atoms. The average molecular weight is 380 g/mol. The molecular formula is C13H18BrNO5S. The zero-order valence-electron chi connectivity index (χ0n) is 11.5. The fraction of sp³-hybridized carbons (Fsp3) is 0.462. The highest BCUT2D eigenvalue weighted by Crippen LogP contribution is 2.23. The molecule has 1 rings (SSSR count). The first-order valence-corrected chi connectivity index (χ1v) is 8.69. The average Bonchev–Trinajstić information content (AvgIpc) is 2.43. The molecule has 0 fully saturated rings. The van der Waals surface area contributed by atoms with E-state index in [0.29, 0.717) is 17.3 Å². The molecule has 1 aromatic carbocycles. The van der Waals surface area contributed by atoms with Gasteiger partial charge in [-0.05, 0) is 52.9 Å². The van der Waals surface area contributed by atoms with Crippen molar-refractivity contribution in [3.05, 3.63) is 28.2 Å². The van der Waals surface area contributed by atoms with Gasteiger partial charge in [-0.15, -0.1) is 0 Å². The molecule has 0 amide bonds. The minimum Gasteiger partial charge on any atom is -0.478 e. The number of benzene rings is 1. The van der Waals surface area contributed by atoms with Gasteiger partial charge < -0.3 is 10.2 Å². The van der Waals surface area contributed by atoms with E-state index in [1.165, 1.54) is 12.1 Å². The fourth-order valence-corrected chi connectivity index (χ4v) is 3.73. The van der Waals surface area contributed by atoms with Gasteiger partial charge in [0.1, 0.15) is 0 Å². The van der Waals surface area contributed by atoms with Gasteiger partial charge in [0, 0.05) is 17.6 Å². The summed E-state index contributed by atoms with van der Waals surface area (Å²) in [5, 5.41) is 17.8. The van der Waals surface area contributed by atoms with Gasteiger partial charge in [0.2, 0.25) is 10.0 Å². The summed E-state index contributed by atoms with van der Waals surface area (Å²) in [4.78, 5) is 10.8. The number of aliphatic hydroxyl groups excluding tert-OH is 1. The Morgan fingerprint density at radius 3 is 2.67 bits per heavy atom. The second-order valence-corrected chi connectivity index (χ2v) is 7.37. The van der Waals surface area contributed by atoms with Crippen LogP contribution in [-0.2, 0) is 10.0 Å². The standard InChI is InChI=1S/C13H18BrNO5S/c1-9(8-16)3-2-6-15-21(19,20)12-7-10(13(17)18)4-5-11(12)14/h4-5,7,9,15-16H,2-3,6,8H2,1H3,(H,17,18). The van der Waals surface area contributed by atoms with Crippen molar-refractivity contribution in [1.82, 2.24) is 4.72 Å². The third-order valence-electron chi connectivity index (χ3n) is 2.95. The van der Waals surface area contributed by atoms with E-state index in [9.17, 15) is 13.2 Å². The number of sulfonamides is 1. The summed E-state index contributed by atoms with van der Waals surface area (Å²) in [7, 11) is -3.77. The molecule has 6 nitrogen and oxygen atoms in total. The molecule has 0 aromatic heterocycles. The molecule has 0 aliphatic rings. The molecule has 3 N–H and O–H groups in total. The van der Waals surface area contributed by atoms with E-state index in [1.807, 2.05) is 6.92 Å². The van der Waals surface area contributed by atoms with Crippen LogP contribution in [-0.4, -0.2) is 37.8 Å². The van der Waals surface area contributed by atoms with E-state index in [0.717, 1.165) is 6.07 Å². The Kier molecular flexibility index (Phi) is 6.79. The second-order valence-electron chi connectivity index (χ2n) is 4.78. The Balaban J connectivity index is 2.78. The summed E-state index contributed by atoms with van der Waals surface area (Å²) in [6, 6.07) is 3.84. The van der Waals surface area contributed by atoms with Crippen molar-refractivity contribution < 1.29 is 23.4 Å². The lowest BCUT2D eigenvalue weighted by molar-refractivity contribution is 0.0696. The Morgan fingerprint density at radius 2 is 2.10 bits per heavy atom. The van der Waals surface area contributed by atoms with Gasteiger partial charge in [0.25, 0.3) is 0 Å². The first kappa shape index (κ1) is 18.1. The van der Waals surface area contributed by atoms with Gasteiger partial charge in [-0.3, -0.25) is 0 Å². The minimum absolute atomic E-state index is 0.0684. The fourth-order valence-electron chi connectivity index (χ4n) is 1.67. The SMILES string of the molecule is CC(CO)CCCNS(=O)(=O)c1cc(C(=O)O)ccc1Br. The minimum atomic E-state index is -3.77. The highest BCUT2D eigenvalue weighted by atomic mass is 79.9. The van der Waals surface area contributed by atoms with Crippen LogP contribution in [0.25, 0.3) is 0 Å². The number of nitrogens with one attached hydrogen (secondary N) is 1.